The molecule has 33 heavy (non-hydrogen) atoms. The Balaban J connectivity index is 1.45. The first-order valence-electron chi connectivity index (χ1n) is 10.0. The van der Waals surface area contributed by atoms with E-state index < -0.39 is 27.3 Å². The molecule has 1 amide bonds. The maximum atomic E-state index is 12.7. The molecule has 1 aromatic heterocycles. The summed E-state index contributed by atoms with van der Waals surface area (Å²) in [6.07, 6.45) is 5.87. The van der Waals surface area contributed by atoms with Gasteiger partial charge in [0.2, 0.25) is 0 Å². The zero-order valence-corrected chi connectivity index (χ0v) is 18.3. The van der Waals surface area contributed by atoms with Crippen LogP contribution >= 0.6 is 0 Å². The molecule has 1 aliphatic carbocycles. The third-order valence-corrected chi connectivity index (χ3v) is 6.42. The summed E-state index contributed by atoms with van der Waals surface area (Å²) in [6, 6.07) is 10.4. The molecule has 0 radical (unpaired) electrons. The summed E-state index contributed by atoms with van der Waals surface area (Å²) in [5, 5.41) is 7.18. The van der Waals surface area contributed by atoms with Crippen LogP contribution in [-0.2, 0) is 30.0 Å². The molecule has 0 fully saturated rings. The van der Waals surface area contributed by atoms with E-state index in [1.807, 2.05) is 25.4 Å². The third-order valence-electron chi connectivity index (χ3n) is 5.44. The SMILES string of the molecule is Cn1cc(-c2cccc3c2C[C@H](NC(=O)c2ccc(OS(=O)(=O)C(F)(F)F)cc2)CC3)cn1. The fourth-order valence-electron chi connectivity index (χ4n) is 3.85. The van der Waals surface area contributed by atoms with E-state index in [0.717, 1.165) is 41.7 Å². The van der Waals surface area contributed by atoms with Gasteiger partial charge in [-0.15, -0.1) is 0 Å². The molecule has 3 aromatic rings. The second kappa shape index (κ2) is 8.54. The van der Waals surface area contributed by atoms with Crippen LogP contribution in [0.4, 0.5) is 13.2 Å². The molecule has 4 rings (SSSR count). The number of amides is 1. The smallest absolute Gasteiger partial charge is 0.376 e. The lowest BCUT2D eigenvalue weighted by atomic mass is 9.84. The van der Waals surface area contributed by atoms with Gasteiger partial charge in [0.15, 0.2) is 0 Å². The lowest BCUT2D eigenvalue weighted by Crippen LogP contribution is -2.39. The third kappa shape index (κ3) is 4.87. The molecule has 11 heteroatoms. The fourth-order valence-corrected chi connectivity index (χ4v) is 4.31. The molecule has 2 aromatic carbocycles. The number of halogens is 3. The number of fused-ring (bicyclic) bond motifs is 1. The summed E-state index contributed by atoms with van der Waals surface area (Å²) in [5.74, 6) is -0.941. The number of hydrogen-bond acceptors (Lipinski definition) is 5. The molecule has 0 bridgehead atoms. The number of aromatic nitrogens is 2. The first-order chi connectivity index (χ1) is 15.5. The van der Waals surface area contributed by atoms with Gasteiger partial charge in [-0.1, -0.05) is 18.2 Å². The highest BCUT2D eigenvalue weighted by Crippen LogP contribution is 2.32. The van der Waals surface area contributed by atoms with Gasteiger partial charge in [0.25, 0.3) is 5.91 Å². The standard InChI is InChI=1S/C22H20F3N3O4S/c1-28-13-16(12-26-28)19-4-2-3-14-5-8-17(11-20(14)19)27-21(29)15-6-9-18(10-7-15)32-33(30,31)22(23,24)25/h2-4,6-7,9-10,12-13,17H,5,8,11H2,1H3,(H,27,29)/t17-/m1/s1. The molecule has 1 N–H and O–H groups in total. The molecule has 0 aliphatic heterocycles. The van der Waals surface area contributed by atoms with Gasteiger partial charge in [-0.2, -0.15) is 26.7 Å². The van der Waals surface area contributed by atoms with Crippen LogP contribution in [0.2, 0.25) is 0 Å². The summed E-state index contributed by atoms with van der Waals surface area (Å²) in [5.41, 5.74) is -0.942. The van der Waals surface area contributed by atoms with Crippen molar-refractivity contribution < 1.29 is 30.6 Å². The summed E-state index contributed by atoms with van der Waals surface area (Å²) in [4.78, 5) is 12.7. The molecular formula is C22H20F3N3O4S. The van der Waals surface area contributed by atoms with Gasteiger partial charge in [0.1, 0.15) is 5.75 Å². The number of benzene rings is 2. The number of alkyl halides is 3. The zero-order valence-electron chi connectivity index (χ0n) is 17.5. The number of hydrogen-bond donors (Lipinski definition) is 1. The van der Waals surface area contributed by atoms with Crippen LogP contribution in [-0.4, -0.2) is 35.7 Å². The molecule has 0 spiro atoms. The molecule has 174 valence electrons. The first kappa shape index (κ1) is 22.8. The Hall–Kier alpha value is -3.34. The minimum absolute atomic E-state index is 0.135. The predicted molar refractivity (Wildman–Crippen MR) is 114 cm³/mol. The van der Waals surface area contributed by atoms with Crippen molar-refractivity contribution in [3.63, 3.8) is 0 Å². The highest BCUT2D eigenvalue weighted by Gasteiger charge is 2.48. The van der Waals surface area contributed by atoms with Crippen molar-refractivity contribution in [1.29, 1.82) is 0 Å². The average Bonchev–Trinajstić information content (AvgIpc) is 3.18. The first-order valence-corrected chi connectivity index (χ1v) is 11.5. The van der Waals surface area contributed by atoms with Crippen LogP contribution < -0.4 is 9.50 Å². The summed E-state index contributed by atoms with van der Waals surface area (Å²) in [7, 11) is -3.92. The second-order valence-corrected chi connectivity index (χ2v) is 9.30. The van der Waals surface area contributed by atoms with E-state index in [1.165, 1.54) is 17.7 Å². The van der Waals surface area contributed by atoms with Crippen molar-refractivity contribution in [1.82, 2.24) is 15.1 Å². The fraction of sp³-hybridized carbons (Fsp3) is 0.273. The number of aryl methyl sites for hydroxylation is 2. The van der Waals surface area contributed by atoms with Gasteiger partial charge in [-0.3, -0.25) is 9.48 Å². The van der Waals surface area contributed by atoms with E-state index in [2.05, 4.69) is 20.7 Å². The Bertz CT molecular complexity index is 1280. The van der Waals surface area contributed by atoms with Crippen molar-refractivity contribution in [2.75, 3.05) is 0 Å². The summed E-state index contributed by atoms with van der Waals surface area (Å²) in [6.45, 7) is 0. The topological polar surface area (TPSA) is 90.3 Å². The number of carbonyl (C=O) groups excluding carboxylic acids is 1. The van der Waals surface area contributed by atoms with Crippen molar-refractivity contribution >= 4 is 16.0 Å². The van der Waals surface area contributed by atoms with E-state index in [4.69, 9.17) is 0 Å². The van der Waals surface area contributed by atoms with E-state index >= 15 is 0 Å². The van der Waals surface area contributed by atoms with Crippen LogP contribution in [0.25, 0.3) is 11.1 Å². The summed E-state index contributed by atoms with van der Waals surface area (Å²) >= 11 is 0. The quantitative estimate of drug-likeness (QED) is 0.446. The lowest BCUT2D eigenvalue weighted by molar-refractivity contribution is -0.0500. The second-order valence-electron chi connectivity index (χ2n) is 7.77. The zero-order chi connectivity index (χ0) is 23.8. The predicted octanol–water partition coefficient (Wildman–Crippen LogP) is 3.60. The van der Waals surface area contributed by atoms with Gasteiger partial charge in [-0.25, -0.2) is 0 Å². The van der Waals surface area contributed by atoms with Gasteiger partial charge in [-0.05, 0) is 60.2 Å². The van der Waals surface area contributed by atoms with Crippen molar-refractivity contribution in [2.24, 2.45) is 7.05 Å². The van der Waals surface area contributed by atoms with Crippen LogP contribution in [0.3, 0.4) is 0 Å². The van der Waals surface area contributed by atoms with Gasteiger partial charge in [0.05, 0.1) is 6.20 Å². The van der Waals surface area contributed by atoms with Crippen LogP contribution in [0.1, 0.15) is 27.9 Å². The Morgan fingerprint density at radius 3 is 2.55 bits per heavy atom. The lowest BCUT2D eigenvalue weighted by Gasteiger charge is -2.27. The molecule has 1 aliphatic rings. The Labute approximate surface area is 188 Å². The normalized spacial score (nSPS) is 16.2. The minimum atomic E-state index is -5.77. The van der Waals surface area contributed by atoms with E-state index in [-0.39, 0.29) is 11.6 Å². The number of rotatable bonds is 5. The molecule has 0 saturated carbocycles. The largest absolute Gasteiger partial charge is 0.534 e. The van der Waals surface area contributed by atoms with Crippen LogP contribution in [0.15, 0.2) is 54.9 Å². The van der Waals surface area contributed by atoms with Gasteiger partial charge in [0, 0.05) is 30.4 Å². The summed E-state index contributed by atoms with van der Waals surface area (Å²) < 4.78 is 65.3. The Morgan fingerprint density at radius 2 is 1.91 bits per heavy atom. The van der Waals surface area contributed by atoms with Crippen molar-refractivity contribution in [3.8, 4) is 16.9 Å². The highest BCUT2D eigenvalue weighted by molar-refractivity contribution is 7.88. The number of nitrogens with one attached hydrogen (secondary N) is 1. The van der Waals surface area contributed by atoms with Crippen LogP contribution in [0.5, 0.6) is 5.75 Å². The molecule has 7 nitrogen and oxygen atoms in total. The molecule has 0 unspecified atom stereocenters. The Morgan fingerprint density at radius 1 is 1.18 bits per heavy atom. The minimum Gasteiger partial charge on any atom is -0.376 e. The molecule has 0 saturated heterocycles. The Kier molecular flexibility index (Phi) is 5.91. The maximum absolute atomic E-state index is 12.7. The van der Waals surface area contributed by atoms with Crippen molar-refractivity contribution in [2.45, 2.75) is 30.8 Å². The van der Waals surface area contributed by atoms with Crippen molar-refractivity contribution in [3.05, 3.63) is 71.5 Å². The van der Waals surface area contributed by atoms with Gasteiger partial charge < -0.3 is 9.50 Å². The monoisotopic (exact) mass is 479 g/mol. The number of carbonyl (C=O) groups is 1. The molecular weight excluding hydrogens is 459 g/mol. The number of nitrogens with zero attached hydrogens (tertiary/aromatic N) is 2. The van der Waals surface area contributed by atoms with E-state index in [1.54, 1.807) is 10.9 Å². The molecule has 1 heterocycles. The maximum Gasteiger partial charge on any atom is 0.534 e. The van der Waals surface area contributed by atoms with E-state index in [0.29, 0.717) is 6.42 Å². The molecule has 1 atom stereocenters. The van der Waals surface area contributed by atoms with Gasteiger partial charge >= 0.3 is 15.6 Å². The van der Waals surface area contributed by atoms with Crippen LogP contribution in [0, 0.1) is 0 Å². The average molecular weight is 479 g/mol. The highest BCUT2D eigenvalue weighted by atomic mass is 32.2. The van der Waals surface area contributed by atoms with E-state index in [9.17, 15) is 26.4 Å².